The van der Waals surface area contributed by atoms with Gasteiger partial charge in [0.15, 0.2) is 16.3 Å². The summed E-state index contributed by atoms with van der Waals surface area (Å²) >= 11 is 5.42. The van der Waals surface area contributed by atoms with Crippen LogP contribution in [0.1, 0.15) is 26.3 Å². The fourth-order valence-corrected chi connectivity index (χ4v) is 4.06. The molecule has 0 saturated heterocycles. The van der Waals surface area contributed by atoms with Crippen LogP contribution in [-0.4, -0.2) is 42.8 Å². The molecule has 0 radical (unpaired) electrons. The van der Waals surface area contributed by atoms with Crippen molar-refractivity contribution in [3.05, 3.63) is 92.5 Å². The first-order chi connectivity index (χ1) is 17.4. The number of aromatic nitrogens is 2. The molecule has 0 atom stereocenters. The summed E-state index contributed by atoms with van der Waals surface area (Å²) in [5.41, 5.74) is 1.94. The summed E-state index contributed by atoms with van der Waals surface area (Å²) < 4.78 is 16.7. The Kier molecular flexibility index (Phi) is 7.16. The first-order valence-corrected chi connectivity index (χ1v) is 11.2. The second kappa shape index (κ2) is 10.4. The number of nitrogens with zero attached hydrogens (tertiary/aromatic N) is 1. The van der Waals surface area contributed by atoms with Gasteiger partial charge in [-0.1, -0.05) is 12.1 Å². The highest BCUT2D eigenvalue weighted by molar-refractivity contribution is 7.71. The molecule has 9 nitrogen and oxygen atoms in total. The molecule has 0 aliphatic heterocycles. The van der Waals surface area contributed by atoms with E-state index in [1.807, 2.05) is 6.07 Å². The Morgan fingerprint density at radius 3 is 2.44 bits per heavy atom. The second-order valence-corrected chi connectivity index (χ2v) is 8.13. The van der Waals surface area contributed by atoms with Gasteiger partial charge >= 0.3 is 5.97 Å². The zero-order chi connectivity index (χ0) is 25.8. The van der Waals surface area contributed by atoms with Gasteiger partial charge in [-0.3, -0.25) is 14.2 Å². The normalized spacial score (nSPS) is 10.6. The monoisotopic (exact) mass is 505 g/mol. The van der Waals surface area contributed by atoms with Crippen LogP contribution in [0.25, 0.3) is 16.6 Å². The molecule has 184 valence electrons. The van der Waals surface area contributed by atoms with Crippen LogP contribution in [0.3, 0.4) is 0 Å². The summed E-state index contributed by atoms with van der Waals surface area (Å²) in [6, 6.07) is 16.5. The van der Waals surface area contributed by atoms with Crippen molar-refractivity contribution >= 4 is 35.0 Å². The van der Waals surface area contributed by atoms with E-state index in [4.69, 9.17) is 26.4 Å². The van der Waals surface area contributed by atoms with Crippen LogP contribution in [0.5, 0.6) is 11.5 Å². The third kappa shape index (κ3) is 4.84. The molecule has 3 aromatic carbocycles. The van der Waals surface area contributed by atoms with Crippen molar-refractivity contribution in [2.45, 2.75) is 6.54 Å². The second-order valence-electron chi connectivity index (χ2n) is 7.75. The van der Waals surface area contributed by atoms with Crippen LogP contribution in [0.2, 0.25) is 0 Å². The molecule has 4 rings (SSSR count). The van der Waals surface area contributed by atoms with Crippen LogP contribution in [-0.2, 0) is 11.3 Å². The first-order valence-electron chi connectivity index (χ1n) is 10.8. The van der Waals surface area contributed by atoms with Crippen LogP contribution < -0.4 is 20.3 Å². The average Bonchev–Trinajstić information content (AvgIpc) is 2.90. The van der Waals surface area contributed by atoms with E-state index < -0.39 is 5.97 Å². The summed E-state index contributed by atoms with van der Waals surface area (Å²) in [6.07, 6.45) is 0. The summed E-state index contributed by atoms with van der Waals surface area (Å²) in [5, 5.41) is 3.20. The fraction of sp³-hybridized carbons (Fsp3) is 0.154. The lowest BCUT2D eigenvalue weighted by atomic mass is 10.1. The molecule has 2 N–H and O–H groups in total. The maximum atomic E-state index is 13.2. The topological polar surface area (TPSA) is 112 Å². The number of aromatic amines is 1. The lowest BCUT2D eigenvalue weighted by molar-refractivity contribution is 0.0600. The zero-order valence-corrected chi connectivity index (χ0v) is 20.6. The smallest absolute Gasteiger partial charge is 0.337 e. The van der Waals surface area contributed by atoms with Crippen molar-refractivity contribution < 1.29 is 23.8 Å². The molecule has 4 aromatic rings. The van der Waals surface area contributed by atoms with E-state index in [9.17, 15) is 14.4 Å². The van der Waals surface area contributed by atoms with Crippen molar-refractivity contribution in [2.24, 2.45) is 0 Å². The lowest BCUT2D eigenvalue weighted by Gasteiger charge is -2.12. The van der Waals surface area contributed by atoms with Gasteiger partial charge < -0.3 is 24.5 Å². The molecule has 36 heavy (non-hydrogen) atoms. The van der Waals surface area contributed by atoms with Crippen molar-refractivity contribution in [3.63, 3.8) is 0 Å². The molecule has 1 heterocycles. The third-order valence-electron chi connectivity index (χ3n) is 5.59. The van der Waals surface area contributed by atoms with Crippen molar-refractivity contribution in [2.75, 3.05) is 21.3 Å². The van der Waals surface area contributed by atoms with Crippen LogP contribution in [0.15, 0.2) is 65.5 Å². The molecular formula is C26H23N3O6S. The fourth-order valence-electron chi connectivity index (χ4n) is 3.76. The number of rotatable bonds is 7. The minimum atomic E-state index is -0.521. The summed E-state index contributed by atoms with van der Waals surface area (Å²) in [7, 11) is 4.38. The number of amides is 1. The highest BCUT2D eigenvalue weighted by Gasteiger charge is 2.14. The molecule has 0 aliphatic rings. The van der Waals surface area contributed by atoms with E-state index in [-0.39, 0.29) is 22.8 Å². The van der Waals surface area contributed by atoms with Crippen molar-refractivity contribution in [3.8, 4) is 17.2 Å². The number of hydrogen-bond donors (Lipinski definition) is 2. The molecule has 0 unspecified atom stereocenters. The maximum absolute atomic E-state index is 13.2. The number of fused-ring (bicyclic) bond motifs is 1. The van der Waals surface area contributed by atoms with Gasteiger partial charge in [0.05, 0.1) is 43.5 Å². The maximum Gasteiger partial charge on any atom is 0.337 e. The van der Waals surface area contributed by atoms with E-state index in [0.29, 0.717) is 39.2 Å². The molecule has 0 saturated carbocycles. The van der Waals surface area contributed by atoms with Crippen LogP contribution in [0, 0.1) is 4.77 Å². The van der Waals surface area contributed by atoms with Crippen molar-refractivity contribution in [1.29, 1.82) is 0 Å². The number of nitrogens with one attached hydrogen (secondary N) is 2. The minimum absolute atomic E-state index is 0.123. The van der Waals surface area contributed by atoms with E-state index in [1.165, 1.54) is 29.9 Å². The predicted molar refractivity (Wildman–Crippen MR) is 137 cm³/mol. The first kappa shape index (κ1) is 24.7. The summed E-state index contributed by atoms with van der Waals surface area (Å²) in [4.78, 5) is 40.9. The predicted octanol–water partition coefficient (Wildman–Crippen LogP) is 3.78. The van der Waals surface area contributed by atoms with Gasteiger partial charge in [0.2, 0.25) is 0 Å². The summed E-state index contributed by atoms with van der Waals surface area (Å²) in [6.45, 7) is 0.266. The van der Waals surface area contributed by atoms with Gasteiger partial charge in [0.1, 0.15) is 0 Å². The molecule has 1 amide bonds. The molecule has 0 fully saturated rings. The summed E-state index contributed by atoms with van der Waals surface area (Å²) in [5.74, 6) is 0.319. The average molecular weight is 506 g/mol. The number of carbonyl (C=O) groups is 2. The van der Waals surface area contributed by atoms with Gasteiger partial charge in [-0.05, 0) is 66.3 Å². The quantitative estimate of drug-likeness (QED) is 0.290. The van der Waals surface area contributed by atoms with E-state index in [1.54, 1.807) is 50.6 Å². The van der Waals surface area contributed by atoms with Gasteiger partial charge in [-0.15, -0.1) is 0 Å². The van der Waals surface area contributed by atoms with E-state index in [2.05, 4.69) is 10.3 Å². The number of benzene rings is 3. The number of ether oxygens (including phenoxy) is 3. The number of H-pyrrole nitrogens is 1. The van der Waals surface area contributed by atoms with Gasteiger partial charge in [0.25, 0.3) is 11.5 Å². The Morgan fingerprint density at radius 1 is 0.944 bits per heavy atom. The van der Waals surface area contributed by atoms with Crippen LogP contribution >= 0.6 is 12.2 Å². The Bertz CT molecular complexity index is 1590. The van der Waals surface area contributed by atoms with Gasteiger partial charge in [-0.2, -0.15) is 0 Å². The Labute approximate surface area is 211 Å². The zero-order valence-electron chi connectivity index (χ0n) is 19.8. The Morgan fingerprint density at radius 2 is 1.72 bits per heavy atom. The number of carbonyl (C=O) groups excluding carboxylic acids is 2. The molecule has 0 spiro atoms. The number of esters is 1. The third-order valence-corrected chi connectivity index (χ3v) is 5.87. The molecular weight excluding hydrogens is 482 g/mol. The largest absolute Gasteiger partial charge is 0.493 e. The lowest BCUT2D eigenvalue weighted by Crippen LogP contribution is -2.24. The number of methoxy groups -OCH3 is 3. The number of hydrogen-bond acceptors (Lipinski definition) is 7. The van der Waals surface area contributed by atoms with Crippen molar-refractivity contribution in [1.82, 2.24) is 14.9 Å². The Balaban J connectivity index is 1.62. The molecule has 10 heteroatoms. The van der Waals surface area contributed by atoms with Gasteiger partial charge in [0, 0.05) is 12.1 Å². The van der Waals surface area contributed by atoms with E-state index >= 15 is 0 Å². The van der Waals surface area contributed by atoms with E-state index in [0.717, 1.165) is 5.56 Å². The molecule has 0 aliphatic carbocycles. The Hall–Kier alpha value is -4.44. The molecule has 1 aromatic heterocycles. The minimum Gasteiger partial charge on any atom is -0.493 e. The molecule has 0 bridgehead atoms. The SMILES string of the molecule is COC(=O)c1ccc2c(=O)n(-c3cccc(C(=O)NCc4ccc(OC)c(OC)c4)c3)c(=S)[nH]c2c1. The van der Waals surface area contributed by atoms with Crippen LogP contribution in [0.4, 0.5) is 0 Å². The highest BCUT2D eigenvalue weighted by atomic mass is 32.1. The highest BCUT2D eigenvalue weighted by Crippen LogP contribution is 2.27. The van der Waals surface area contributed by atoms with Gasteiger partial charge in [-0.25, -0.2) is 4.79 Å². The standard InChI is InChI=1S/C26H23N3O6S/c1-33-21-10-7-15(11-22(21)34-2)14-27-23(30)16-5-4-6-18(12-16)29-24(31)19-9-8-17(25(32)35-3)13-20(19)28-26(29)36/h4-13H,14H2,1-3H3,(H,27,30)(H,28,36).